The van der Waals surface area contributed by atoms with Gasteiger partial charge in [-0.3, -0.25) is 4.79 Å². The van der Waals surface area contributed by atoms with E-state index in [1.165, 1.54) is 6.92 Å². The number of thioether (sulfide) groups is 1. The first-order valence-corrected chi connectivity index (χ1v) is 5.81. The molecule has 0 saturated heterocycles. The van der Waals surface area contributed by atoms with Crippen molar-refractivity contribution < 1.29 is 4.79 Å². The summed E-state index contributed by atoms with van der Waals surface area (Å²) in [4.78, 5) is 12.0. The number of carbonyl (C=O) groups excluding carboxylic acids is 1. The average molecular weight is 230 g/mol. The van der Waals surface area contributed by atoms with Gasteiger partial charge in [-0.05, 0) is 12.1 Å². The van der Waals surface area contributed by atoms with Crippen molar-refractivity contribution in [2.45, 2.75) is 11.8 Å². The van der Waals surface area contributed by atoms with Crippen molar-refractivity contribution in [3.8, 4) is 0 Å². The van der Waals surface area contributed by atoms with Crippen LogP contribution < -0.4 is 5.32 Å². The van der Waals surface area contributed by atoms with Crippen LogP contribution in [-0.2, 0) is 4.79 Å². The minimum Gasteiger partial charge on any atom is -0.325 e. The fourth-order valence-corrected chi connectivity index (χ4v) is 2.01. The maximum Gasteiger partial charge on any atom is 0.221 e. The number of hydrogen-bond acceptors (Lipinski definition) is 2. The van der Waals surface area contributed by atoms with E-state index in [9.17, 15) is 4.79 Å². The third-order valence-electron chi connectivity index (χ3n) is 1.53. The van der Waals surface area contributed by atoms with E-state index in [2.05, 4.69) is 5.32 Å². The van der Waals surface area contributed by atoms with Crippen LogP contribution in [0.4, 0.5) is 5.69 Å². The van der Waals surface area contributed by atoms with Crippen LogP contribution in [0.1, 0.15) is 6.92 Å². The lowest BCUT2D eigenvalue weighted by molar-refractivity contribution is -0.114. The summed E-state index contributed by atoms with van der Waals surface area (Å²) in [6, 6.07) is 7.71. The van der Waals surface area contributed by atoms with Crippen molar-refractivity contribution in [2.75, 3.05) is 16.9 Å². The van der Waals surface area contributed by atoms with E-state index in [0.29, 0.717) is 5.88 Å². The highest BCUT2D eigenvalue weighted by molar-refractivity contribution is 7.99. The number of benzene rings is 1. The Morgan fingerprint density at radius 1 is 1.50 bits per heavy atom. The van der Waals surface area contributed by atoms with Gasteiger partial charge in [0.2, 0.25) is 5.91 Å². The van der Waals surface area contributed by atoms with Gasteiger partial charge in [-0.25, -0.2) is 0 Å². The maximum atomic E-state index is 10.9. The van der Waals surface area contributed by atoms with Crippen LogP contribution in [-0.4, -0.2) is 17.5 Å². The molecule has 0 heterocycles. The second-order valence-corrected chi connectivity index (χ2v) is 4.23. The Labute approximate surface area is 93.0 Å². The zero-order valence-electron chi connectivity index (χ0n) is 7.92. The number of hydrogen-bond donors (Lipinski definition) is 1. The monoisotopic (exact) mass is 229 g/mol. The molecule has 76 valence electrons. The van der Waals surface area contributed by atoms with Gasteiger partial charge in [0.25, 0.3) is 0 Å². The predicted octanol–water partition coefficient (Wildman–Crippen LogP) is 2.98. The third kappa shape index (κ3) is 3.60. The highest BCUT2D eigenvalue weighted by Gasteiger charge is 2.02. The molecular weight excluding hydrogens is 218 g/mol. The molecule has 0 saturated carbocycles. The molecule has 0 fully saturated rings. The summed E-state index contributed by atoms with van der Waals surface area (Å²) < 4.78 is 0. The van der Waals surface area contributed by atoms with Crippen molar-refractivity contribution in [1.29, 1.82) is 0 Å². The number of halogens is 1. The standard InChI is InChI=1S/C10H12ClNOS/c1-8(13)12-9-4-2-3-5-10(9)14-7-6-11/h2-5H,6-7H2,1H3,(H,12,13). The molecule has 4 heteroatoms. The fraction of sp³-hybridized carbons (Fsp3) is 0.300. The van der Waals surface area contributed by atoms with Gasteiger partial charge in [0.1, 0.15) is 0 Å². The van der Waals surface area contributed by atoms with E-state index in [0.717, 1.165) is 16.3 Å². The molecule has 2 nitrogen and oxygen atoms in total. The van der Waals surface area contributed by atoms with Crippen LogP contribution in [0.2, 0.25) is 0 Å². The Balaban J connectivity index is 2.74. The Bertz CT molecular complexity index is 317. The predicted molar refractivity (Wildman–Crippen MR) is 62.2 cm³/mol. The van der Waals surface area contributed by atoms with Crippen LogP contribution in [0, 0.1) is 0 Å². The number of nitrogens with one attached hydrogen (secondary N) is 1. The molecule has 0 aliphatic carbocycles. The van der Waals surface area contributed by atoms with Gasteiger partial charge in [-0.1, -0.05) is 12.1 Å². The highest BCUT2D eigenvalue weighted by Crippen LogP contribution is 2.26. The van der Waals surface area contributed by atoms with Crippen molar-refractivity contribution in [2.24, 2.45) is 0 Å². The van der Waals surface area contributed by atoms with Crippen LogP contribution in [0.5, 0.6) is 0 Å². The molecule has 0 aromatic heterocycles. The zero-order valence-corrected chi connectivity index (χ0v) is 9.49. The molecule has 1 aromatic carbocycles. The summed E-state index contributed by atoms with van der Waals surface area (Å²) in [5, 5.41) is 2.78. The van der Waals surface area contributed by atoms with Gasteiger partial charge in [-0.15, -0.1) is 23.4 Å². The maximum absolute atomic E-state index is 10.9. The number of rotatable bonds is 4. The topological polar surface area (TPSA) is 29.1 Å². The van der Waals surface area contributed by atoms with Crippen molar-refractivity contribution >= 4 is 35.0 Å². The second kappa shape index (κ2) is 5.94. The lowest BCUT2D eigenvalue weighted by atomic mass is 10.3. The van der Waals surface area contributed by atoms with E-state index in [4.69, 9.17) is 11.6 Å². The molecule has 1 N–H and O–H groups in total. The highest BCUT2D eigenvalue weighted by atomic mass is 35.5. The quantitative estimate of drug-likeness (QED) is 0.635. The number of carbonyl (C=O) groups is 1. The Kier molecular flexibility index (Phi) is 4.84. The normalized spacial score (nSPS) is 9.86. The number of anilines is 1. The number of para-hydroxylation sites is 1. The first-order valence-electron chi connectivity index (χ1n) is 4.29. The van der Waals surface area contributed by atoms with Gasteiger partial charge < -0.3 is 5.32 Å². The molecule has 0 aliphatic rings. The third-order valence-corrected chi connectivity index (χ3v) is 3.02. The summed E-state index contributed by atoms with van der Waals surface area (Å²) in [5.41, 5.74) is 0.857. The number of amides is 1. The van der Waals surface area contributed by atoms with E-state index < -0.39 is 0 Å². The molecule has 1 aromatic rings. The SMILES string of the molecule is CC(=O)Nc1ccccc1SCCCl. The first kappa shape index (κ1) is 11.4. The molecule has 1 rings (SSSR count). The summed E-state index contributed by atoms with van der Waals surface area (Å²) in [5.74, 6) is 1.40. The van der Waals surface area contributed by atoms with Gasteiger partial charge in [0, 0.05) is 23.5 Å². The van der Waals surface area contributed by atoms with E-state index in [1.54, 1.807) is 11.8 Å². The smallest absolute Gasteiger partial charge is 0.221 e. The van der Waals surface area contributed by atoms with Crippen LogP contribution >= 0.6 is 23.4 Å². The molecule has 0 unspecified atom stereocenters. The van der Waals surface area contributed by atoms with Crippen molar-refractivity contribution in [3.05, 3.63) is 24.3 Å². The van der Waals surface area contributed by atoms with E-state index >= 15 is 0 Å². The van der Waals surface area contributed by atoms with Gasteiger partial charge in [0.15, 0.2) is 0 Å². The number of alkyl halides is 1. The molecule has 0 radical (unpaired) electrons. The van der Waals surface area contributed by atoms with Gasteiger partial charge >= 0.3 is 0 Å². The van der Waals surface area contributed by atoms with Crippen molar-refractivity contribution in [1.82, 2.24) is 0 Å². The molecular formula is C10H12ClNOS. The lowest BCUT2D eigenvalue weighted by Gasteiger charge is -2.07. The lowest BCUT2D eigenvalue weighted by Crippen LogP contribution is -2.06. The fourth-order valence-electron chi connectivity index (χ4n) is 1.03. The average Bonchev–Trinajstić information content (AvgIpc) is 2.16. The molecule has 0 spiro atoms. The molecule has 0 atom stereocenters. The molecule has 0 aliphatic heterocycles. The summed E-state index contributed by atoms with van der Waals surface area (Å²) in [6.45, 7) is 1.50. The largest absolute Gasteiger partial charge is 0.325 e. The molecule has 1 amide bonds. The minimum atomic E-state index is -0.0519. The van der Waals surface area contributed by atoms with Gasteiger partial charge in [0.05, 0.1) is 5.69 Å². The summed E-state index contributed by atoms with van der Waals surface area (Å²) in [7, 11) is 0. The van der Waals surface area contributed by atoms with Gasteiger partial charge in [-0.2, -0.15) is 0 Å². The molecule has 0 bridgehead atoms. The first-order chi connectivity index (χ1) is 6.74. The molecule has 14 heavy (non-hydrogen) atoms. The van der Waals surface area contributed by atoms with Crippen LogP contribution in [0.15, 0.2) is 29.2 Å². The van der Waals surface area contributed by atoms with Crippen LogP contribution in [0.3, 0.4) is 0 Å². The second-order valence-electron chi connectivity index (χ2n) is 2.71. The minimum absolute atomic E-state index is 0.0519. The van der Waals surface area contributed by atoms with E-state index in [-0.39, 0.29) is 5.91 Å². The summed E-state index contributed by atoms with van der Waals surface area (Å²) in [6.07, 6.45) is 0. The Morgan fingerprint density at radius 3 is 2.86 bits per heavy atom. The summed E-state index contributed by atoms with van der Waals surface area (Å²) >= 11 is 7.24. The van der Waals surface area contributed by atoms with Crippen molar-refractivity contribution in [3.63, 3.8) is 0 Å². The zero-order chi connectivity index (χ0) is 10.4. The van der Waals surface area contributed by atoms with E-state index in [1.807, 2.05) is 24.3 Å². The van der Waals surface area contributed by atoms with Crippen LogP contribution in [0.25, 0.3) is 0 Å². The Morgan fingerprint density at radius 2 is 2.21 bits per heavy atom. The Hall–Kier alpha value is -0.670.